The third-order valence-electron chi connectivity index (χ3n) is 5.46. The lowest BCUT2D eigenvalue weighted by molar-refractivity contribution is 0.485. The SMILES string of the molecule is N#CC1CCN(c2nc(-n3cccn3)nc3ccc(-c4ccccc4)cc23)CC1. The van der Waals surface area contributed by atoms with Crippen LogP contribution in [-0.4, -0.2) is 32.8 Å². The molecule has 0 bridgehead atoms. The van der Waals surface area contributed by atoms with E-state index in [0.29, 0.717) is 5.95 Å². The molecule has 0 atom stereocenters. The predicted molar refractivity (Wildman–Crippen MR) is 113 cm³/mol. The zero-order valence-corrected chi connectivity index (χ0v) is 15.9. The predicted octanol–water partition coefficient (Wildman–Crippen LogP) is 4.22. The maximum Gasteiger partial charge on any atom is 0.253 e. The van der Waals surface area contributed by atoms with Crippen LogP contribution in [0.4, 0.5) is 5.82 Å². The summed E-state index contributed by atoms with van der Waals surface area (Å²) in [4.78, 5) is 11.9. The first-order valence-corrected chi connectivity index (χ1v) is 9.83. The Kier molecular flexibility index (Phi) is 4.41. The monoisotopic (exact) mass is 380 g/mol. The molecule has 6 heteroatoms. The second kappa shape index (κ2) is 7.36. The van der Waals surface area contributed by atoms with Crippen molar-refractivity contribution in [1.29, 1.82) is 5.26 Å². The van der Waals surface area contributed by atoms with Gasteiger partial charge in [0.15, 0.2) is 0 Å². The molecule has 0 spiro atoms. The van der Waals surface area contributed by atoms with Crippen molar-refractivity contribution in [2.45, 2.75) is 12.8 Å². The molecule has 0 amide bonds. The highest BCUT2D eigenvalue weighted by molar-refractivity contribution is 5.93. The molecular weight excluding hydrogens is 360 g/mol. The third-order valence-corrected chi connectivity index (χ3v) is 5.46. The van der Waals surface area contributed by atoms with Crippen molar-refractivity contribution in [3.8, 4) is 23.1 Å². The lowest BCUT2D eigenvalue weighted by Crippen LogP contribution is -2.34. The van der Waals surface area contributed by atoms with Crippen molar-refractivity contribution in [1.82, 2.24) is 19.7 Å². The fourth-order valence-corrected chi connectivity index (χ4v) is 3.86. The normalized spacial score (nSPS) is 14.8. The largest absolute Gasteiger partial charge is 0.356 e. The lowest BCUT2D eigenvalue weighted by Gasteiger charge is -2.31. The van der Waals surface area contributed by atoms with E-state index in [0.717, 1.165) is 48.2 Å². The molecule has 1 fully saturated rings. The van der Waals surface area contributed by atoms with E-state index in [1.54, 1.807) is 10.9 Å². The van der Waals surface area contributed by atoms with Crippen molar-refractivity contribution in [2.75, 3.05) is 18.0 Å². The summed E-state index contributed by atoms with van der Waals surface area (Å²) in [5.74, 6) is 1.60. The van der Waals surface area contributed by atoms with Gasteiger partial charge < -0.3 is 4.90 Å². The molecule has 2 aromatic heterocycles. The van der Waals surface area contributed by atoms with E-state index in [4.69, 9.17) is 9.97 Å². The minimum Gasteiger partial charge on any atom is -0.356 e. The zero-order chi connectivity index (χ0) is 19.6. The van der Waals surface area contributed by atoms with Gasteiger partial charge >= 0.3 is 0 Å². The smallest absolute Gasteiger partial charge is 0.253 e. The van der Waals surface area contributed by atoms with Gasteiger partial charge in [-0.2, -0.15) is 15.3 Å². The first kappa shape index (κ1) is 17.4. The summed E-state index contributed by atoms with van der Waals surface area (Å²) < 4.78 is 1.69. The van der Waals surface area contributed by atoms with Gasteiger partial charge in [-0.05, 0) is 42.2 Å². The number of aromatic nitrogens is 4. The van der Waals surface area contributed by atoms with E-state index >= 15 is 0 Å². The molecule has 0 saturated carbocycles. The number of hydrogen-bond acceptors (Lipinski definition) is 5. The molecule has 3 heterocycles. The Morgan fingerprint density at radius 3 is 2.48 bits per heavy atom. The minimum absolute atomic E-state index is 0.129. The van der Waals surface area contributed by atoms with Gasteiger partial charge in [-0.15, -0.1) is 0 Å². The van der Waals surface area contributed by atoms with Crippen LogP contribution < -0.4 is 4.90 Å². The maximum absolute atomic E-state index is 9.25. The van der Waals surface area contributed by atoms with E-state index < -0.39 is 0 Å². The molecule has 5 rings (SSSR count). The lowest BCUT2D eigenvalue weighted by atomic mass is 9.98. The zero-order valence-electron chi connectivity index (χ0n) is 15.9. The van der Waals surface area contributed by atoms with Crippen molar-refractivity contribution in [2.24, 2.45) is 5.92 Å². The summed E-state index contributed by atoms with van der Waals surface area (Å²) >= 11 is 0. The van der Waals surface area contributed by atoms with Crippen molar-refractivity contribution >= 4 is 16.7 Å². The number of fused-ring (bicyclic) bond motifs is 1. The Morgan fingerprint density at radius 2 is 1.76 bits per heavy atom. The molecular formula is C23H20N6. The van der Waals surface area contributed by atoms with Crippen LogP contribution in [0.25, 0.3) is 28.0 Å². The highest BCUT2D eigenvalue weighted by Crippen LogP contribution is 2.32. The number of piperidine rings is 1. The fraction of sp³-hybridized carbons (Fsp3) is 0.217. The summed E-state index contributed by atoms with van der Waals surface area (Å²) in [6.07, 6.45) is 5.30. The Bertz CT molecular complexity index is 1170. The van der Waals surface area contributed by atoms with Crippen LogP contribution in [0.5, 0.6) is 0 Å². The molecule has 1 aliphatic heterocycles. The van der Waals surface area contributed by atoms with E-state index in [2.05, 4.69) is 46.4 Å². The molecule has 29 heavy (non-hydrogen) atoms. The Hall–Kier alpha value is -3.72. The standard InChI is InChI=1S/C23H20N6/c24-16-17-9-13-28(14-10-17)22-20-15-19(18-5-2-1-3-6-18)7-8-21(20)26-23(27-22)29-12-4-11-25-29/h1-8,11-12,15,17H,9-10,13-14H2. The summed E-state index contributed by atoms with van der Waals surface area (Å²) in [7, 11) is 0. The average Bonchev–Trinajstić information content (AvgIpc) is 3.34. The van der Waals surface area contributed by atoms with Gasteiger partial charge in [0, 0.05) is 36.8 Å². The van der Waals surface area contributed by atoms with Gasteiger partial charge in [0.25, 0.3) is 5.95 Å². The van der Waals surface area contributed by atoms with Gasteiger partial charge in [-0.3, -0.25) is 0 Å². The molecule has 0 N–H and O–H groups in total. The molecule has 4 aromatic rings. The van der Waals surface area contributed by atoms with E-state index in [-0.39, 0.29) is 5.92 Å². The summed E-state index contributed by atoms with van der Waals surface area (Å²) in [5, 5.41) is 14.6. The molecule has 0 radical (unpaired) electrons. The van der Waals surface area contributed by atoms with Crippen LogP contribution in [0.15, 0.2) is 67.0 Å². The quantitative estimate of drug-likeness (QED) is 0.532. The minimum atomic E-state index is 0.129. The average molecular weight is 380 g/mol. The number of hydrogen-bond donors (Lipinski definition) is 0. The van der Waals surface area contributed by atoms with Gasteiger partial charge in [0.1, 0.15) is 5.82 Å². The van der Waals surface area contributed by atoms with Gasteiger partial charge in [-0.1, -0.05) is 36.4 Å². The fourth-order valence-electron chi connectivity index (χ4n) is 3.86. The van der Waals surface area contributed by atoms with Gasteiger partial charge in [0.2, 0.25) is 0 Å². The topological polar surface area (TPSA) is 70.6 Å². The van der Waals surface area contributed by atoms with E-state index in [9.17, 15) is 5.26 Å². The number of benzene rings is 2. The van der Waals surface area contributed by atoms with Gasteiger partial charge in [-0.25, -0.2) is 9.67 Å². The van der Waals surface area contributed by atoms with E-state index in [1.165, 1.54) is 5.56 Å². The number of nitrogens with zero attached hydrogens (tertiary/aromatic N) is 6. The number of rotatable bonds is 3. The Labute approximate surface area is 169 Å². The molecule has 1 saturated heterocycles. The third kappa shape index (κ3) is 3.32. The maximum atomic E-state index is 9.25. The second-order valence-corrected chi connectivity index (χ2v) is 7.29. The van der Waals surface area contributed by atoms with Gasteiger partial charge in [0.05, 0.1) is 11.6 Å². The van der Waals surface area contributed by atoms with Crippen LogP contribution in [0.1, 0.15) is 12.8 Å². The summed E-state index contributed by atoms with van der Waals surface area (Å²) in [6.45, 7) is 1.64. The number of anilines is 1. The molecule has 0 unspecified atom stereocenters. The highest BCUT2D eigenvalue weighted by Gasteiger charge is 2.23. The van der Waals surface area contributed by atoms with Crippen LogP contribution in [0.3, 0.4) is 0 Å². The van der Waals surface area contributed by atoms with Crippen molar-refractivity contribution < 1.29 is 0 Å². The van der Waals surface area contributed by atoms with Crippen LogP contribution in [-0.2, 0) is 0 Å². The summed E-state index contributed by atoms with van der Waals surface area (Å²) in [5.41, 5.74) is 3.20. The molecule has 1 aliphatic rings. The van der Waals surface area contributed by atoms with Crippen molar-refractivity contribution in [3.63, 3.8) is 0 Å². The first-order chi connectivity index (χ1) is 14.3. The Balaban J connectivity index is 1.65. The molecule has 6 nitrogen and oxygen atoms in total. The van der Waals surface area contributed by atoms with Crippen LogP contribution in [0, 0.1) is 17.2 Å². The second-order valence-electron chi connectivity index (χ2n) is 7.29. The number of nitriles is 1. The van der Waals surface area contributed by atoms with E-state index in [1.807, 2.05) is 30.5 Å². The Morgan fingerprint density at radius 1 is 0.931 bits per heavy atom. The van der Waals surface area contributed by atoms with Crippen molar-refractivity contribution in [3.05, 3.63) is 67.0 Å². The van der Waals surface area contributed by atoms with Crippen LogP contribution >= 0.6 is 0 Å². The summed E-state index contributed by atoms with van der Waals surface area (Å²) in [6, 6.07) is 20.9. The van der Waals surface area contributed by atoms with Crippen LogP contribution in [0.2, 0.25) is 0 Å². The molecule has 142 valence electrons. The molecule has 0 aliphatic carbocycles. The highest BCUT2D eigenvalue weighted by atomic mass is 15.4. The molecule has 2 aromatic carbocycles. The first-order valence-electron chi connectivity index (χ1n) is 9.83.